The minimum absolute atomic E-state index is 0.185. The molecule has 2 N–H and O–H groups in total. The third-order valence-electron chi connectivity index (χ3n) is 3.03. The molecule has 1 aliphatic rings. The third-order valence-corrected chi connectivity index (χ3v) is 3.03. The predicted molar refractivity (Wildman–Crippen MR) is 75.4 cm³/mol. The van der Waals surface area contributed by atoms with Gasteiger partial charge in [0.15, 0.2) is 0 Å². The number of ether oxygens (including phenoxy) is 3. The van der Waals surface area contributed by atoms with Crippen molar-refractivity contribution < 1.29 is 19.0 Å². The van der Waals surface area contributed by atoms with Crippen molar-refractivity contribution >= 4 is 12.0 Å². The van der Waals surface area contributed by atoms with E-state index in [0.717, 1.165) is 6.42 Å². The molecular weight excluding hydrogens is 276 g/mol. The first kappa shape index (κ1) is 15.5. The largest absolute Gasteiger partial charge is 0.475 e. The lowest BCUT2D eigenvalue weighted by atomic mass is 10.0. The Morgan fingerprint density at radius 1 is 1.52 bits per heavy atom. The number of nitrogens with zero attached hydrogens (tertiary/aromatic N) is 2. The van der Waals surface area contributed by atoms with E-state index < -0.39 is 0 Å². The molecule has 1 aromatic heterocycles. The topological polar surface area (TPSA) is 94.6 Å². The number of amides is 2. The lowest BCUT2D eigenvalue weighted by molar-refractivity contribution is 0.143. The molecule has 116 valence electrons. The summed E-state index contributed by atoms with van der Waals surface area (Å²) in [5.74, 6) is 0.567. The number of hydrogen-bond donors (Lipinski definition) is 2. The molecule has 1 fully saturated rings. The lowest BCUT2D eigenvalue weighted by Gasteiger charge is -2.23. The zero-order chi connectivity index (χ0) is 15.1. The Labute approximate surface area is 123 Å². The third kappa shape index (κ3) is 4.83. The molecule has 0 spiro atoms. The molecule has 1 aromatic rings. The number of methoxy groups -OCH3 is 1. The molecule has 8 nitrogen and oxygen atoms in total. The number of nitrogens with one attached hydrogen (secondary N) is 2. The van der Waals surface area contributed by atoms with E-state index in [1.54, 1.807) is 13.2 Å². The molecule has 1 atom stereocenters. The number of urea groups is 1. The monoisotopic (exact) mass is 296 g/mol. The van der Waals surface area contributed by atoms with E-state index >= 15 is 0 Å². The second kappa shape index (κ2) is 7.19. The van der Waals surface area contributed by atoms with Gasteiger partial charge in [0.1, 0.15) is 6.61 Å². The van der Waals surface area contributed by atoms with Crippen LogP contribution in [0.5, 0.6) is 5.88 Å². The number of anilines is 1. The fourth-order valence-corrected chi connectivity index (χ4v) is 1.88. The van der Waals surface area contributed by atoms with Gasteiger partial charge in [-0.15, -0.1) is 0 Å². The second-order valence-electron chi connectivity index (χ2n) is 5.00. The van der Waals surface area contributed by atoms with E-state index in [1.165, 1.54) is 6.20 Å². The summed E-state index contributed by atoms with van der Waals surface area (Å²) in [4.78, 5) is 20.0. The van der Waals surface area contributed by atoms with Gasteiger partial charge in [-0.25, -0.2) is 9.78 Å². The van der Waals surface area contributed by atoms with Crippen LogP contribution >= 0.6 is 0 Å². The molecule has 2 amide bonds. The first-order valence-corrected chi connectivity index (χ1v) is 6.73. The van der Waals surface area contributed by atoms with Crippen LogP contribution in [0.3, 0.4) is 0 Å². The fourth-order valence-electron chi connectivity index (χ4n) is 1.88. The molecule has 2 rings (SSSR count). The molecule has 0 bridgehead atoms. The van der Waals surface area contributed by atoms with Crippen LogP contribution < -0.4 is 15.4 Å². The van der Waals surface area contributed by atoms with Crippen LogP contribution in [0.4, 0.5) is 10.7 Å². The van der Waals surface area contributed by atoms with Gasteiger partial charge in [-0.2, -0.15) is 4.98 Å². The summed E-state index contributed by atoms with van der Waals surface area (Å²) in [6, 6.07) is 1.25. The number of rotatable bonds is 6. The van der Waals surface area contributed by atoms with Crippen molar-refractivity contribution in [3.63, 3.8) is 0 Å². The quantitative estimate of drug-likeness (QED) is 0.754. The number of carbonyl (C=O) groups excluding carboxylic acids is 1. The summed E-state index contributed by atoms with van der Waals surface area (Å²) in [5, 5.41) is 5.45. The van der Waals surface area contributed by atoms with Crippen LogP contribution in [0.25, 0.3) is 0 Å². The van der Waals surface area contributed by atoms with Gasteiger partial charge in [0.05, 0.1) is 18.8 Å². The van der Waals surface area contributed by atoms with Crippen molar-refractivity contribution in [3.8, 4) is 5.88 Å². The van der Waals surface area contributed by atoms with E-state index in [1.807, 2.05) is 6.92 Å². The maximum absolute atomic E-state index is 11.9. The summed E-state index contributed by atoms with van der Waals surface area (Å²) < 4.78 is 15.5. The van der Waals surface area contributed by atoms with Crippen molar-refractivity contribution in [3.05, 3.63) is 12.3 Å². The van der Waals surface area contributed by atoms with Gasteiger partial charge in [0.2, 0.25) is 11.8 Å². The van der Waals surface area contributed by atoms with E-state index in [0.29, 0.717) is 32.3 Å². The summed E-state index contributed by atoms with van der Waals surface area (Å²) in [6.45, 7) is 3.93. The molecule has 8 heteroatoms. The lowest BCUT2D eigenvalue weighted by Crippen LogP contribution is -2.48. The normalized spacial score (nSPS) is 21.0. The Balaban J connectivity index is 1.86. The Morgan fingerprint density at radius 3 is 3.10 bits per heavy atom. The summed E-state index contributed by atoms with van der Waals surface area (Å²) in [6.07, 6.45) is 2.30. The molecule has 0 saturated carbocycles. The molecular formula is C13H20N4O4. The van der Waals surface area contributed by atoms with Crippen LogP contribution in [-0.2, 0) is 9.47 Å². The first-order chi connectivity index (χ1) is 10.1. The van der Waals surface area contributed by atoms with Gasteiger partial charge < -0.3 is 19.5 Å². The zero-order valence-electron chi connectivity index (χ0n) is 12.2. The average Bonchev–Trinajstić information content (AvgIpc) is 2.85. The van der Waals surface area contributed by atoms with Crippen LogP contribution in [0.1, 0.15) is 13.3 Å². The number of hydrogen-bond acceptors (Lipinski definition) is 6. The highest BCUT2D eigenvalue weighted by Crippen LogP contribution is 2.17. The van der Waals surface area contributed by atoms with Crippen LogP contribution in [0.2, 0.25) is 0 Å². The maximum atomic E-state index is 11.9. The summed E-state index contributed by atoms with van der Waals surface area (Å²) in [7, 11) is 1.59. The van der Waals surface area contributed by atoms with Crippen LogP contribution in [0, 0.1) is 0 Å². The number of aromatic nitrogens is 2. The van der Waals surface area contributed by atoms with Gasteiger partial charge in [-0.3, -0.25) is 5.32 Å². The van der Waals surface area contributed by atoms with Crippen molar-refractivity contribution in [1.29, 1.82) is 0 Å². The standard InChI is InChI=1S/C13H20N4O4/c1-13(4-6-20-9-13)17-12(18)16-11-14-5-3-10(15-11)21-8-7-19-2/h3,5H,4,6-9H2,1-2H3,(H2,14,15,16,17,18). The Morgan fingerprint density at radius 2 is 2.38 bits per heavy atom. The smallest absolute Gasteiger partial charge is 0.322 e. The number of carbonyl (C=O) groups is 1. The van der Waals surface area contributed by atoms with Crippen molar-refractivity contribution in [2.75, 3.05) is 38.9 Å². The Kier molecular flexibility index (Phi) is 5.29. The highest BCUT2D eigenvalue weighted by molar-refractivity contribution is 5.87. The summed E-state index contributed by atoms with van der Waals surface area (Å²) >= 11 is 0. The molecule has 0 aliphatic carbocycles. The SMILES string of the molecule is COCCOc1ccnc(NC(=O)NC2(C)CCOC2)n1. The highest BCUT2D eigenvalue weighted by atomic mass is 16.5. The van der Waals surface area contributed by atoms with Crippen molar-refractivity contribution in [1.82, 2.24) is 15.3 Å². The van der Waals surface area contributed by atoms with Crippen molar-refractivity contribution in [2.45, 2.75) is 18.9 Å². The Bertz CT molecular complexity index is 477. The molecule has 2 heterocycles. The van der Waals surface area contributed by atoms with E-state index in [-0.39, 0.29) is 17.5 Å². The van der Waals surface area contributed by atoms with Gasteiger partial charge in [-0.1, -0.05) is 0 Å². The predicted octanol–water partition coefficient (Wildman–Crippen LogP) is 0.802. The molecule has 1 saturated heterocycles. The molecule has 1 unspecified atom stereocenters. The van der Waals surface area contributed by atoms with E-state index in [4.69, 9.17) is 14.2 Å². The minimum Gasteiger partial charge on any atom is -0.475 e. The van der Waals surface area contributed by atoms with Crippen LogP contribution in [-0.4, -0.2) is 55.1 Å². The summed E-state index contributed by atoms with van der Waals surface area (Å²) in [5.41, 5.74) is -0.351. The highest BCUT2D eigenvalue weighted by Gasteiger charge is 2.31. The first-order valence-electron chi connectivity index (χ1n) is 6.73. The second-order valence-corrected chi connectivity index (χ2v) is 5.00. The maximum Gasteiger partial charge on any atom is 0.322 e. The van der Waals surface area contributed by atoms with Crippen molar-refractivity contribution in [2.24, 2.45) is 0 Å². The van der Waals surface area contributed by atoms with Gasteiger partial charge in [0, 0.05) is 26.0 Å². The fraction of sp³-hybridized carbons (Fsp3) is 0.615. The molecule has 21 heavy (non-hydrogen) atoms. The van der Waals surface area contributed by atoms with Crippen LogP contribution in [0.15, 0.2) is 12.3 Å². The Hall–Kier alpha value is -1.93. The van der Waals surface area contributed by atoms with E-state index in [2.05, 4.69) is 20.6 Å². The van der Waals surface area contributed by atoms with Gasteiger partial charge in [-0.05, 0) is 13.3 Å². The average molecular weight is 296 g/mol. The van der Waals surface area contributed by atoms with Gasteiger partial charge in [0.25, 0.3) is 0 Å². The zero-order valence-corrected chi connectivity index (χ0v) is 12.2. The van der Waals surface area contributed by atoms with Gasteiger partial charge >= 0.3 is 6.03 Å². The molecule has 1 aliphatic heterocycles. The molecule has 0 radical (unpaired) electrons. The van der Waals surface area contributed by atoms with E-state index in [9.17, 15) is 4.79 Å². The minimum atomic E-state index is -0.364. The molecule has 0 aromatic carbocycles.